The molecule has 3 aromatic rings. The van der Waals surface area contributed by atoms with Gasteiger partial charge in [0, 0.05) is 24.4 Å². The Kier molecular flexibility index (Phi) is 5.87. The van der Waals surface area contributed by atoms with E-state index in [0.717, 1.165) is 16.8 Å². The van der Waals surface area contributed by atoms with Gasteiger partial charge >= 0.3 is 5.69 Å². The zero-order chi connectivity index (χ0) is 23.5. The molecule has 0 aliphatic carbocycles. The number of ether oxygens (including phenoxy) is 4. The summed E-state index contributed by atoms with van der Waals surface area (Å²) < 4.78 is 24.6. The van der Waals surface area contributed by atoms with E-state index in [2.05, 4.69) is 20.5 Å². The van der Waals surface area contributed by atoms with Crippen molar-refractivity contribution >= 4 is 5.84 Å². The van der Waals surface area contributed by atoms with Gasteiger partial charge in [-0.15, -0.1) is 0 Å². The van der Waals surface area contributed by atoms with E-state index >= 15 is 0 Å². The number of aryl methyl sites for hydroxylation is 1. The average Bonchev–Trinajstić information content (AvgIpc) is 2.87. The predicted octanol–water partition coefficient (Wildman–Crippen LogP) is 0.195. The Labute approximate surface area is 194 Å². The van der Waals surface area contributed by atoms with Crippen LogP contribution in [0.2, 0.25) is 0 Å². The van der Waals surface area contributed by atoms with Crippen LogP contribution in [-0.2, 0) is 13.0 Å². The number of nitrogens with two attached hydrogens (primary N) is 2. The molecule has 2 aliphatic rings. The first-order valence-electron chi connectivity index (χ1n) is 10.6. The fourth-order valence-electron chi connectivity index (χ4n) is 3.83. The lowest BCUT2D eigenvalue weighted by Gasteiger charge is -2.26. The lowest BCUT2D eigenvalue weighted by Crippen LogP contribution is -2.35. The van der Waals surface area contributed by atoms with Gasteiger partial charge < -0.3 is 30.2 Å². The van der Waals surface area contributed by atoms with E-state index in [1.54, 1.807) is 29.0 Å². The molecule has 2 aromatic heterocycles. The van der Waals surface area contributed by atoms with Crippen molar-refractivity contribution in [1.82, 2.24) is 20.0 Å². The number of hydrogen-bond donors (Lipinski definition) is 3. The van der Waals surface area contributed by atoms with Crippen molar-refractivity contribution in [3.8, 4) is 34.5 Å². The first-order chi connectivity index (χ1) is 16.6. The number of pyridine rings is 1. The van der Waals surface area contributed by atoms with Crippen LogP contribution in [0.1, 0.15) is 5.56 Å². The normalized spacial score (nSPS) is 16.3. The van der Waals surface area contributed by atoms with Gasteiger partial charge in [-0.2, -0.15) is 10.1 Å². The summed E-state index contributed by atoms with van der Waals surface area (Å²) in [6, 6.07) is 10.9. The molecule has 0 radical (unpaired) electrons. The zero-order valence-corrected chi connectivity index (χ0v) is 18.1. The number of hydrogen-bond acceptors (Lipinski definition) is 10. The summed E-state index contributed by atoms with van der Waals surface area (Å²) in [4.78, 5) is 20.9. The minimum atomic E-state index is -0.369. The molecule has 2 aliphatic heterocycles. The Morgan fingerprint density at radius 2 is 2.21 bits per heavy atom. The monoisotopic (exact) mass is 465 g/mol. The van der Waals surface area contributed by atoms with E-state index < -0.39 is 0 Å². The number of hydrazone groups is 1. The van der Waals surface area contributed by atoms with Gasteiger partial charge in [0.05, 0.1) is 5.69 Å². The predicted molar refractivity (Wildman–Crippen MR) is 122 cm³/mol. The van der Waals surface area contributed by atoms with Gasteiger partial charge in [0.2, 0.25) is 5.88 Å². The maximum Gasteiger partial charge on any atom is 0.351 e. The molecular weight excluding hydrogens is 442 g/mol. The Hall–Kier alpha value is -4.32. The molecule has 1 unspecified atom stereocenters. The van der Waals surface area contributed by atoms with Gasteiger partial charge in [-0.1, -0.05) is 0 Å². The number of nitrogens with one attached hydrogen (secondary N) is 1. The van der Waals surface area contributed by atoms with Crippen LogP contribution in [-0.4, -0.2) is 46.3 Å². The molecule has 0 bridgehead atoms. The summed E-state index contributed by atoms with van der Waals surface area (Å²) >= 11 is 0. The molecule has 4 heterocycles. The van der Waals surface area contributed by atoms with Crippen molar-refractivity contribution < 1.29 is 18.9 Å². The second-order valence-electron chi connectivity index (χ2n) is 7.66. The largest absolute Gasteiger partial charge is 0.486 e. The van der Waals surface area contributed by atoms with Crippen molar-refractivity contribution in [3.63, 3.8) is 0 Å². The zero-order valence-electron chi connectivity index (χ0n) is 18.1. The van der Waals surface area contributed by atoms with Crippen LogP contribution in [0.4, 0.5) is 0 Å². The number of hydrazine groups is 1. The number of fused-ring (bicyclic) bond motifs is 4. The Morgan fingerprint density at radius 1 is 1.29 bits per heavy atom. The molecule has 1 atom stereocenters. The average molecular weight is 465 g/mol. The molecule has 5 N–H and O–H groups in total. The summed E-state index contributed by atoms with van der Waals surface area (Å²) in [7, 11) is 0. The summed E-state index contributed by atoms with van der Waals surface area (Å²) in [5.74, 6) is 12.7. The van der Waals surface area contributed by atoms with Crippen LogP contribution in [0.15, 0.2) is 52.5 Å². The summed E-state index contributed by atoms with van der Waals surface area (Å²) in [6.07, 6.45) is 1.95. The quantitative estimate of drug-likeness (QED) is 0.198. The van der Waals surface area contributed by atoms with Crippen molar-refractivity contribution in [1.29, 1.82) is 0 Å². The van der Waals surface area contributed by atoms with Crippen molar-refractivity contribution in [2.24, 2.45) is 16.8 Å². The first kappa shape index (κ1) is 21.5. The number of aromatic nitrogens is 3. The highest BCUT2D eigenvalue weighted by atomic mass is 16.6. The van der Waals surface area contributed by atoms with Crippen molar-refractivity contribution in [2.45, 2.75) is 19.1 Å². The maximum atomic E-state index is 12.7. The smallest absolute Gasteiger partial charge is 0.351 e. The van der Waals surface area contributed by atoms with Crippen LogP contribution in [0.25, 0.3) is 11.3 Å². The van der Waals surface area contributed by atoms with Crippen LogP contribution in [0, 0.1) is 0 Å². The van der Waals surface area contributed by atoms with Crippen LogP contribution >= 0.6 is 0 Å². The van der Waals surface area contributed by atoms with Crippen LogP contribution in [0.5, 0.6) is 23.3 Å². The third-order valence-electron chi connectivity index (χ3n) is 5.50. The third kappa shape index (κ3) is 4.30. The van der Waals surface area contributed by atoms with E-state index in [4.69, 9.17) is 30.6 Å². The minimum absolute atomic E-state index is 0.108. The Balaban J connectivity index is 1.32. The molecule has 34 heavy (non-hydrogen) atoms. The SMILES string of the molecule is N/N=C(/COc1ccc2c(c1)CCn1c-2cc(OCC2COc3ncccc3O2)nc1=O)NN. The fraction of sp³-hybridized carbons (Fsp3) is 0.273. The van der Waals surface area contributed by atoms with Gasteiger partial charge in [0.15, 0.2) is 17.7 Å². The summed E-state index contributed by atoms with van der Waals surface area (Å²) in [5, 5.41) is 3.50. The lowest BCUT2D eigenvalue weighted by molar-refractivity contribution is 0.0486. The van der Waals surface area contributed by atoms with Gasteiger partial charge in [0.25, 0.3) is 5.88 Å². The van der Waals surface area contributed by atoms with Crippen molar-refractivity contribution in [3.05, 3.63) is 58.6 Å². The number of rotatable bonds is 6. The van der Waals surface area contributed by atoms with Crippen LogP contribution < -0.4 is 41.7 Å². The topological polar surface area (TPSA) is 161 Å². The first-order valence-corrected chi connectivity index (χ1v) is 10.6. The van der Waals surface area contributed by atoms with Gasteiger partial charge in [-0.25, -0.2) is 15.6 Å². The summed E-state index contributed by atoms with van der Waals surface area (Å²) in [6.45, 7) is 1.07. The summed E-state index contributed by atoms with van der Waals surface area (Å²) in [5.41, 5.74) is 4.67. The van der Waals surface area contributed by atoms with Crippen LogP contribution in [0.3, 0.4) is 0 Å². The second kappa shape index (κ2) is 9.27. The maximum absolute atomic E-state index is 12.7. The Morgan fingerprint density at radius 3 is 3.06 bits per heavy atom. The van der Waals surface area contributed by atoms with E-state index in [-0.39, 0.29) is 37.5 Å². The van der Waals surface area contributed by atoms with Crippen molar-refractivity contribution in [2.75, 3.05) is 19.8 Å². The van der Waals surface area contributed by atoms with E-state index in [0.29, 0.717) is 36.2 Å². The molecule has 176 valence electrons. The number of amidine groups is 1. The molecular formula is C22H23N7O5. The molecule has 12 heteroatoms. The second-order valence-corrected chi connectivity index (χ2v) is 7.66. The third-order valence-corrected chi connectivity index (χ3v) is 5.50. The number of benzene rings is 1. The highest BCUT2D eigenvalue weighted by molar-refractivity contribution is 5.82. The Bertz CT molecular complexity index is 1290. The highest BCUT2D eigenvalue weighted by Crippen LogP contribution is 2.33. The van der Waals surface area contributed by atoms with Gasteiger partial charge in [-0.05, 0) is 42.3 Å². The standard InChI is InChI=1S/C22H23N7O5/c23-27-19(28-24)12-31-14-3-4-16-13(8-14)5-7-29-17(16)9-20(26-22(29)30)32-10-15-11-33-21-18(34-15)2-1-6-25-21/h1-4,6,8-9,15H,5,7,10-12,23-24H2,(H,27,28). The molecule has 0 amide bonds. The van der Waals surface area contributed by atoms with E-state index in [1.165, 1.54) is 0 Å². The fourth-order valence-corrected chi connectivity index (χ4v) is 3.83. The molecule has 12 nitrogen and oxygen atoms in total. The number of nitrogens with zero attached hydrogens (tertiary/aromatic N) is 4. The molecule has 0 saturated carbocycles. The van der Waals surface area contributed by atoms with E-state index in [1.807, 2.05) is 18.2 Å². The minimum Gasteiger partial charge on any atom is -0.486 e. The molecule has 1 aromatic carbocycles. The van der Waals surface area contributed by atoms with Gasteiger partial charge in [-0.3, -0.25) is 4.57 Å². The molecule has 0 fully saturated rings. The van der Waals surface area contributed by atoms with E-state index in [9.17, 15) is 4.79 Å². The molecule has 5 rings (SSSR count). The lowest BCUT2D eigenvalue weighted by atomic mass is 9.97. The molecule has 0 saturated heterocycles. The molecule has 0 spiro atoms. The van der Waals surface area contributed by atoms with Gasteiger partial charge in [0.1, 0.15) is 25.6 Å². The highest BCUT2D eigenvalue weighted by Gasteiger charge is 2.24.